The van der Waals surface area contributed by atoms with Crippen LogP contribution in [0.3, 0.4) is 0 Å². The summed E-state index contributed by atoms with van der Waals surface area (Å²) in [5.41, 5.74) is 1.92. The standard InChI is InChI=1S/C22H27FN4O2/c1-22(2,3)27-19(15-4-5-15)14-18(24-27)21(29)26-12-10-25(11-13-26)20(28)16-6-8-17(23)9-7-16/h6-9,14-15H,4-5,10-13H2,1-3H3. The average Bonchev–Trinajstić information content (AvgIpc) is 3.44. The van der Waals surface area contributed by atoms with Crippen LogP contribution in [-0.4, -0.2) is 57.6 Å². The van der Waals surface area contributed by atoms with Gasteiger partial charge in [0.15, 0.2) is 5.69 Å². The van der Waals surface area contributed by atoms with E-state index >= 15 is 0 Å². The number of amides is 2. The zero-order valence-corrected chi connectivity index (χ0v) is 17.2. The van der Waals surface area contributed by atoms with Crippen LogP contribution in [0.2, 0.25) is 0 Å². The van der Waals surface area contributed by atoms with Crippen molar-refractivity contribution in [1.82, 2.24) is 19.6 Å². The molecule has 2 heterocycles. The maximum atomic E-state index is 13.1. The molecule has 2 amide bonds. The minimum atomic E-state index is -0.364. The van der Waals surface area contributed by atoms with Crippen molar-refractivity contribution in [2.45, 2.75) is 45.1 Å². The highest BCUT2D eigenvalue weighted by Gasteiger charge is 2.34. The fourth-order valence-corrected chi connectivity index (χ4v) is 3.76. The largest absolute Gasteiger partial charge is 0.335 e. The zero-order chi connectivity index (χ0) is 20.8. The van der Waals surface area contributed by atoms with Gasteiger partial charge in [0.25, 0.3) is 11.8 Å². The molecule has 29 heavy (non-hydrogen) atoms. The van der Waals surface area contributed by atoms with E-state index in [9.17, 15) is 14.0 Å². The molecular formula is C22H27FN4O2. The van der Waals surface area contributed by atoms with E-state index in [1.807, 2.05) is 10.7 Å². The van der Waals surface area contributed by atoms with Gasteiger partial charge in [-0.1, -0.05) is 0 Å². The summed E-state index contributed by atoms with van der Waals surface area (Å²) in [6.07, 6.45) is 2.30. The molecule has 0 radical (unpaired) electrons. The maximum absolute atomic E-state index is 13.1. The Kier molecular flexibility index (Phi) is 4.92. The summed E-state index contributed by atoms with van der Waals surface area (Å²) in [4.78, 5) is 29.1. The molecule has 1 saturated carbocycles. The number of aromatic nitrogens is 2. The fourth-order valence-electron chi connectivity index (χ4n) is 3.76. The Morgan fingerprint density at radius 3 is 2.03 bits per heavy atom. The third-order valence-electron chi connectivity index (χ3n) is 5.53. The van der Waals surface area contributed by atoms with Gasteiger partial charge in [-0.05, 0) is 63.9 Å². The smallest absolute Gasteiger partial charge is 0.274 e. The second kappa shape index (κ2) is 7.28. The zero-order valence-electron chi connectivity index (χ0n) is 17.2. The first-order valence-electron chi connectivity index (χ1n) is 10.2. The Hall–Kier alpha value is -2.70. The van der Waals surface area contributed by atoms with Crippen molar-refractivity contribution in [3.8, 4) is 0 Å². The number of piperazine rings is 1. The van der Waals surface area contributed by atoms with Gasteiger partial charge >= 0.3 is 0 Å². The summed E-state index contributed by atoms with van der Waals surface area (Å²) in [7, 11) is 0. The molecule has 1 aliphatic carbocycles. The van der Waals surface area contributed by atoms with Crippen LogP contribution in [-0.2, 0) is 5.54 Å². The van der Waals surface area contributed by atoms with Crippen LogP contribution in [0.15, 0.2) is 30.3 Å². The predicted octanol–water partition coefficient (Wildman–Crippen LogP) is 3.25. The van der Waals surface area contributed by atoms with E-state index in [0.717, 1.165) is 18.5 Å². The molecule has 6 nitrogen and oxygen atoms in total. The highest BCUT2D eigenvalue weighted by Crippen LogP contribution is 2.41. The number of carbonyl (C=O) groups excluding carboxylic acids is 2. The van der Waals surface area contributed by atoms with Crippen molar-refractivity contribution >= 4 is 11.8 Å². The second-order valence-corrected chi connectivity index (χ2v) is 8.90. The number of rotatable bonds is 3. The van der Waals surface area contributed by atoms with Crippen LogP contribution in [0.1, 0.15) is 66.1 Å². The maximum Gasteiger partial charge on any atom is 0.274 e. The van der Waals surface area contributed by atoms with Crippen molar-refractivity contribution in [2.75, 3.05) is 26.2 Å². The molecule has 0 atom stereocenters. The third kappa shape index (κ3) is 4.04. The summed E-state index contributed by atoms with van der Waals surface area (Å²) >= 11 is 0. The van der Waals surface area contributed by atoms with Gasteiger partial charge in [0.1, 0.15) is 5.82 Å². The van der Waals surface area contributed by atoms with Crippen LogP contribution in [0.5, 0.6) is 0 Å². The van der Waals surface area contributed by atoms with Crippen LogP contribution in [0, 0.1) is 5.82 Å². The molecule has 0 spiro atoms. The molecule has 2 aromatic rings. The highest BCUT2D eigenvalue weighted by molar-refractivity contribution is 5.95. The molecule has 154 valence electrons. The Bertz CT molecular complexity index is 917. The quantitative estimate of drug-likeness (QED) is 0.798. The van der Waals surface area contributed by atoms with E-state index < -0.39 is 0 Å². The predicted molar refractivity (Wildman–Crippen MR) is 107 cm³/mol. The lowest BCUT2D eigenvalue weighted by molar-refractivity contribution is 0.0531. The number of hydrogen-bond acceptors (Lipinski definition) is 3. The topological polar surface area (TPSA) is 58.4 Å². The monoisotopic (exact) mass is 398 g/mol. The summed E-state index contributed by atoms with van der Waals surface area (Å²) in [5, 5.41) is 4.64. The third-order valence-corrected chi connectivity index (χ3v) is 5.53. The molecule has 2 fully saturated rings. The second-order valence-electron chi connectivity index (χ2n) is 8.90. The normalized spacial score (nSPS) is 17.5. The molecule has 4 rings (SSSR count). The number of nitrogens with zero attached hydrogens (tertiary/aromatic N) is 4. The van der Waals surface area contributed by atoms with Crippen LogP contribution < -0.4 is 0 Å². The number of halogens is 1. The van der Waals surface area contributed by atoms with E-state index in [2.05, 4.69) is 25.9 Å². The first kappa shape index (κ1) is 19.6. The molecule has 7 heteroatoms. The van der Waals surface area contributed by atoms with Gasteiger partial charge in [0.2, 0.25) is 0 Å². The van der Waals surface area contributed by atoms with E-state index in [1.165, 1.54) is 24.3 Å². The van der Waals surface area contributed by atoms with Crippen molar-refractivity contribution in [1.29, 1.82) is 0 Å². The molecule has 2 aliphatic rings. The lowest BCUT2D eigenvalue weighted by Gasteiger charge is -2.34. The van der Waals surface area contributed by atoms with Gasteiger partial charge < -0.3 is 9.80 Å². The fraction of sp³-hybridized carbons (Fsp3) is 0.500. The molecule has 0 N–H and O–H groups in total. The first-order chi connectivity index (χ1) is 13.7. The average molecular weight is 398 g/mol. The molecule has 1 aliphatic heterocycles. The Balaban J connectivity index is 1.43. The van der Waals surface area contributed by atoms with Gasteiger partial charge in [0, 0.05) is 43.4 Å². The lowest BCUT2D eigenvalue weighted by Crippen LogP contribution is -2.50. The SMILES string of the molecule is CC(C)(C)n1nc(C(=O)N2CCN(C(=O)c3ccc(F)cc3)CC2)cc1C1CC1. The van der Waals surface area contributed by atoms with Crippen molar-refractivity contribution in [3.05, 3.63) is 53.1 Å². The van der Waals surface area contributed by atoms with Crippen molar-refractivity contribution in [3.63, 3.8) is 0 Å². The molecule has 1 aromatic carbocycles. The van der Waals surface area contributed by atoms with Gasteiger partial charge in [-0.15, -0.1) is 0 Å². The number of hydrogen-bond donors (Lipinski definition) is 0. The molecular weight excluding hydrogens is 371 g/mol. The first-order valence-corrected chi connectivity index (χ1v) is 10.2. The Morgan fingerprint density at radius 2 is 1.52 bits per heavy atom. The van der Waals surface area contributed by atoms with Gasteiger partial charge in [-0.25, -0.2) is 4.39 Å². The van der Waals surface area contributed by atoms with Gasteiger partial charge in [-0.2, -0.15) is 5.10 Å². The summed E-state index contributed by atoms with van der Waals surface area (Å²) in [5.74, 6) is -0.0698. The van der Waals surface area contributed by atoms with E-state index in [0.29, 0.717) is 43.4 Å². The van der Waals surface area contributed by atoms with Crippen LogP contribution in [0.25, 0.3) is 0 Å². The van der Waals surface area contributed by atoms with E-state index in [-0.39, 0.29) is 23.2 Å². The van der Waals surface area contributed by atoms with Crippen LogP contribution in [0.4, 0.5) is 4.39 Å². The van der Waals surface area contributed by atoms with E-state index in [1.54, 1.807) is 9.80 Å². The van der Waals surface area contributed by atoms with E-state index in [4.69, 9.17) is 0 Å². The summed E-state index contributed by atoms with van der Waals surface area (Å²) in [6.45, 7) is 8.13. The number of benzene rings is 1. The molecule has 1 aromatic heterocycles. The molecule has 1 saturated heterocycles. The minimum absolute atomic E-state index is 0.0798. The van der Waals surface area contributed by atoms with Crippen molar-refractivity contribution in [2.24, 2.45) is 0 Å². The Morgan fingerprint density at radius 1 is 0.966 bits per heavy atom. The van der Waals surface area contributed by atoms with Crippen molar-refractivity contribution < 1.29 is 14.0 Å². The summed E-state index contributed by atoms with van der Waals surface area (Å²) < 4.78 is 15.1. The number of carbonyl (C=O) groups is 2. The summed E-state index contributed by atoms with van der Waals surface area (Å²) in [6, 6.07) is 7.51. The lowest BCUT2D eigenvalue weighted by atomic mass is 10.1. The molecule has 0 unspecified atom stereocenters. The highest BCUT2D eigenvalue weighted by atomic mass is 19.1. The minimum Gasteiger partial charge on any atom is -0.335 e. The van der Waals surface area contributed by atoms with Gasteiger partial charge in [-0.3, -0.25) is 14.3 Å². The van der Waals surface area contributed by atoms with Crippen LogP contribution >= 0.6 is 0 Å². The Labute approximate surface area is 170 Å². The van der Waals surface area contributed by atoms with Gasteiger partial charge in [0.05, 0.1) is 5.54 Å². The molecule has 0 bridgehead atoms.